The van der Waals surface area contributed by atoms with Gasteiger partial charge in [-0.3, -0.25) is 0 Å². The molecule has 0 aliphatic heterocycles. The van der Waals surface area contributed by atoms with Gasteiger partial charge in [0, 0.05) is 12.1 Å². The van der Waals surface area contributed by atoms with Crippen molar-refractivity contribution in [3.05, 3.63) is 35.4 Å². The lowest BCUT2D eigenvalue weighted by Crippen LogP contribution is -2.26. The summed E-state index contributed by atoms with van der Waals surface area (Å²) in [6.07, 6.45) is 0.473. The Kier molecular flexibility index (Phi) is 4.37. The SMILES string of the molecule is CCCS(=O)(=O)NCc1cc(F)ccc1F. The van der Waals surface area contributed by atoms with Gasteiger partial charge in [0.2, 0.25) is 10.0 Å². The van der Waals surface area contributed by atoms with Crippen LogP contribution in [-0.4, -0.2) is 14.2 Å². The number of benzene rings is 1. The molecule has 0 saturated heterocycles. The maximum Gasteiger partial charge on any atom is 0.211 e. The predicted octanol–water partition coefficient (Wildman–Crippen LogP) is 1.79. The zero-order valence-corrected chi connectivity index (χ0v) is 9.65. The van der Waals surface area contributed by atoms with Crippen LogP contribution < -0.4 is 4.72 Å². The highest BCUT2D eigenvalue weighted by Gasteiger charge is 2.10. The molecule has 16 heavy (non-hydrogen) atoms. The minimum absolute atomic E-state index is 0.000298. The summed E-state index contributed by atoms with van der Waals surface area (Å²) in [5.41, 5.74) is -0.000298. The standard InChI is InChI=1S/C10H13F2NO2S/c1-2-5-16(14,15)13-7-8-6-9(11)3-4-10(8)12/h3-4,6,13H,2,5,7H2,1H3. The maximum atomic E-state index is 13.1. The molecule has 0 spiro atoms. The van der Waals surface area contributed by atoms with Crippen molar-refractivity contribution in [3.63, 3.8) is 0 Å². The van der Waals surface area contributed by atoms with Crippen molar-refractivity contribution in [3.8, 4) is 0 Å². The van der Waals surface area contributed by atoms with E-state index in [9.17, 15) is 17.2 Å². The Morgan fingerprint density at radius 3 is 2.62 bits per heavy atom. The molecule has 0 aliphatic carbocycles. The first-order chi connectivity index (χ1) is 7.44. The second kappa shape index (κ2) is 5.36. The molecule has 0 atom stereocenters. The van der Waals surface area contributed by atoms with E-state index < -0.39 is 21.7 Å². The average molecular weight is 249 g/mol. The van der Waals surface area contributed by atoms with Crippen LogP contribution in [0.3, 0.4) is 0 Å². The van der Waals surface area contributed by atoms with Gasteiger partial charge >= 0.3 is 0 Å². The summed E-state index contributed by atoms with van der Waals surface area (Å²) in [6.45, 7) is 1.49. The van der Waals surface area contributed by atoms with E-state index in [1.165, 1.54) is 0 Å². The van der Waals surface area contributed by atoms with Crippen LogP contribution in [0.4, 0.5) is 8.78 Å². The Hall–Kier alpha value is -1.01. The molecule has 0 saturated carbocycles. The third kappa shape index (κ3) is 3.86. The summed E-state index contributed by atoms with van der Waals surface area (Å²) in [5.74, 6) is -1.24. The van der Waals surface area contributed by atoms with Crippen molar-refractivity contribution >= 4 is 10.0 Å². The van der Waals surface area contributed by atoms with Crippen LogP contribution in [0.25, 0.3) is 0 Å². The lowest BCUT2D eigenvalue weighted by molar-refractivity contribution is 0.566. The van der Waals surface area contributed by atoms with Crippen LogP contribution in [-0.2, 0) is 16.6 Å². The minimum atomic E-state index is -3.40. The zero-order valence-electron chi connectivity index (χ0n) is 8.83. The first-order valence-electron chi connectivity index (χ1n) is 4.86. The van der Waals surface area contributed by atoms with Crippen molar-refractivity contribution in [1.29, 1.82) is 0 Å². The fourth-order valence-corrected chi connectivity index (χ4v) is 2.26. The topological polar surface area (TPSA) is 46.2 Å². The molecule has 0 radical (unpaired) electrons. The molecule has 0 aromatic heterocycles. The molecule has 0 bridgehead atoms. The van der Waals surface area contributed by atoms with E-state index in [0.717, 1.165) is 18.2 Å². The third-order valence-electron chi connectivity index (χ3n) is 1.96. The lowest BCUT2D eigenvalue weighted by Gasteiger charge is -2.06. The van der Waals surface area contributed by atoms with E-state index in [1.807, 2.05) is 0 Å². The molecule has 0 aliphatic rings. The maximum absolute atomic E-state index is 13.1. The van der Waals surface area contributed by atoms with Gasteiger partial charge < -0.3 is 0 Å². The van der Waals surface area contributed by atoms with Gasteiger partial charge in [-0.25, -0.2) is 21.9 Å². The molecule has 1 aromatic rings. The summed E-state index contributed by atoms with van der Waals surface area (Å²) in [5, 5.41) is 0. The van der Waals surface area contributed by atoms with Gasteiger partial charge in [0.15, 0.2) is 0 Å². The number of sulfonamides is 1. The predicted molar refractivity (Wildman–Crippen MR) is 57.3 cm³/mol. The van der Waals surface area contributed by atoms with E-state index in [-0.39, 0.29) is 17.9 Å². The molecular weight excluding hydrogens is 236 g/mol. The summed E-state index contributed by atoms with van der Waals surface area (Å²) < 4.78 is 50.7. The average Bonchev–Trinajstić information content (AvgIpc) is 2.19. The molecule has 1 aromatic carbocycles. The van der Waals surface area contributed by atoms with Gasteiger partial charge in [0.1, 0.15) is 11.6 Å². The Bertz CT molecular complexity index is 460. The van der Waals surface area contributed by atoms with E-state index in [1.54, 1.807) is 6.92 Å². The molecular formula is C10H13F2NO2S. The van der Waals surface area contributed by atoms with Gasteiger partial charge in [-0.1, -0.05) is 6.92 Å². The van der Waals surface area contributed by atoms with Crippen LogP contribution in [0.15, 0.2) is 18.2 Å². The number of halogens is 2. The molecule has 1 rings (SSSR count). The first kappa shape index (κ1) is 13.1. The fourth-order valence-electron chi connectivity index (χ4n) is 1.21. The quantitative estimate of drug-likeness (QED) is 0.864. The molecule has 90 valence electrons. The monoisotopic (exact) mass is 249 g/mol. The van der Waals surface area contributed by atoms with Gasteiger partial charge in [-0.2, -0.15) is 0 Å². The number of hydrogen-bond acceptors (Lipinski definition) is 2. The number of hydrogen-bond donors (Lipinski definition) is 1. The van der Waals surface area contributed by atoms with Crippen LogP contribution in [0.1, 0.15) is 18.9 Å². The molecule has 1 N–H and O–H groups in total. The van der Waals surface area contributed by atoms with Crippen LogP contribution in [0.2, 0.25) is 0 Å². The molecule has 0 unspecified atom stereocenters. The summed E-state index contributed by atoms with van der Waals surface area (Å²) in [6, 6.07) is 2.93. The van der Waals surface area contributed by atoms with Gasteiger partial charge in [-0.05, 0) is 24.6 Å². The van der Waals surface area contributed by atoms with E-state index in [0.29, 0.717) is 6.42 Å². The molecule has 0 fully saturated rings. The highest BCUT2D eigenvalue weighted by molar-refractivity contribution is 7.89. The van der Waals surface area contributed by atoms with Crippen molar-refractivity contribution < 1.29 is 17.2 Å². The largest absolute Gasteiger partial charge is 0.212 e. The molecule has 3 nitrogen and oxygen atoms in total. The third-order valence-corrected chi connectivity index (χ3v) is 3.49. The van der Waals surface area contributed by atoms with Crippen molar-refractivity contribution in [2.24, 2.45) is 0 Å². The van der Waals surface area contributed by atoms with Crippen molar-refractivity contribution in [2.45, 2.75) is 19.9 Å². The Morgan fingerprint density at radius 2 is 2.00 bits per heavy atom. The van der Waals surface area contributed by atoms with E-state index in [2.05, 4.69) is 4.72 Å². The fraction of sp³-hybridized carbons (Fsp3) is 0.400. The van der Waals surface area contributed by atoms with Crippen molar-refractivity contribution in [1.82, 2.24) is 4.72 Å². The Balaban J connectivity index is 2.71. The van der Waals surface area contributed by atoms with Crippen LogP contribution >= 0.6 is 0 Å². The van der Waals surface area contributed by atoms with Gasteiger partial charge in [0.05, 0.1) is 5.75 Å². The summed E-state index contributed by atoms with van der Waals surface area (Å²) in [4.78, 5) is 0. The lowest BCUT2D eigenvalue weighted by atomic mass is 10.2. The first-order valence-corrected chi connectivity index (χ1v) is 6.51. The molecule has 0 amide bonds. The second-order valence-corrected chi connectivity index (χ2v) is 5.30. The van der Waals surface area contributed by atoms with Crippen molar-refractivity contribution in [2.75, 3.05) is 5.75 Å². The smallest absolute Gasteiger partial charge is 0.211 e. The van der Waals surface area contributed by atoms with Gasteiger partial charge in [0.25, 0.3) is 0 Å². The van der Waals surface area contributed by atoms with Crippen LogP contribution in [0.5, 0.6) is 0 Å². The highest BCUT2D eigenvalue weighted by atomic mass is 32.2. The van der Waals surface area contributed by atoms with E-state index in [4.69, 9.17) is 0 Å². The minimum Gasteiger partial charge on any atom is -0.212 e. The number of nitrogens with one attached hydrogen (secondary N) is 1. The highest BCUT2D eigenvalue weighted by Crippen LogP contribution is 2.09. The Morgan fingerprint density at radius 1 is 1.31 bits per heavy atom. The molecule has 6 heteroatoms. The zero-order chi connectivity index (χ0) is 12.2. The normalized spacial score (nSPS) is 11.7. The van der Waals surface area contributed by atoms with E-state index >= 15 is 0 Å². The summed E-state index contributed by atoms with van der Waals surface area (Å²) >= 11 is 0. The number of rotatable bonds is 5. The van der Waals surface area contributed by atoms with Gasteiger partial charge in [-0.15, -0.1) is 0 Å². The van der Waals surface area contributed by atoms with Crippen LogP contribution in [0, 0.1) is 11.6 Å². The Labute approximate surface area is 93.5 Å². The second-order valence-electron chi connectivity index (χ2n) is 3.38. The summed E-state index contributed by atoms with van der Waals surface area (Å²) in [7, 11) is -3.40. The molecule has 0 heterocycles.